The van der Waals surface area contributed by atoms with Crippen LogP contribution in [0.25, 0.3) is 0 Å². The van der Waals surface area contributed by atoms with Gasteiger partial charge in [-0.05, 0) is 7.92 Å². The maximum atomic E-state index is 8.30. The van der Waals surface area contributed by atoms with Crippen molar-refractivity contribution < 1.29 is 10.2 Å². The summed E-state index contributed by atoms with van der Waals surface area (Å²) in [6.07, 6.45) is -0.506. The Morgan fingerprint density at radius 1 is 1.38 bits per heavy atom. The standard InChI is InChI=1S/C4H11O2P.B/c1-7(2)3-4(5)6;/h4-6H,3H2,1-2H3;/q;-1/p+1. The van der Waals surface area contributed by atoms with E-state index in [-0.39, 0.29) is 8.41 Å². The summed E-state index contributed by atoms with van der Waals surface area (Å²) in [6.45, 7) is 4.09. The van der Waals surface area contributed by atoms with Crippen molar-refractivity contribution in [2.75, 3.05) is 19.5 Å². The van der Waals surface area contributed by atoms with Gasteiger partial charge in [0, 0.05) is 13.3 Å². The monoisotopic (exact) mass is 134 g/mol. The summed E-state index contributed by atoms with van der Waals surface area (Å²) in [5, 5.41) is 16.6. The lowest BCUT2D eigenvalue weighted by Crippen LogP contribution is -2.07. The molecule has 0 heterocycles. The minimum atomic E-state index is -1.08. The van der Waals surface area contributed by atoms with Crippen LogP contribution >= 0.6 is 7.92 Å². The maximum Gasteiger partial charge on any atom is 0.185 e. The Morgan fingerprint density at radius 3 is 1.75 bits per heavy atom. The van der Waals surface area contributed by atoms with Crippen molar-refractivity contribution in [3.05, 3.63) is 0 Å². The summed E-state index contributed by atoms with van der Waals surface area (Å²) in [7, 11) is -0.434. The highest BCUT2D eigenvalue weighted by Crippen LogP contribution is 2.23. The first kappa shape index (κ1) is 11.2. The molecule has 0 aromatic heterocycles. The van der Waals surface area contributed by atoms with Gasteiger partial charge in [0.1, 0.15) is 6.16 Å². The first-order valence-electron chi connectivity index (χ1n) is 2.28. The molecule has 2 nitrogen and oxygen atoms in total. The topological polar surface area (TPSA) is 40.5 Å². The lowest BCUT2D eigenvalue weighted by molar-refractivity contribution is -0.0194. The summed E-state index contributed by atoms with van der Waals surface area (Å²) in [5.74, 6) is 0. The number of aliphatic hydroxyl groups excluding tert-OH is 1. The molecule has 0 fully saturated rings. The summed E-state index contributed by atoms with van der Waals surface area (Å²) in [4.78, 5) is 0. The van der Waals surface area contributed by atoms with Gasteiger partial charge in [-0.15, -0.1) is 0 Å². The van der Waals surface area contributed by atoms with E-state index in [1.165, 1.54) is 0 Å². The van der Waals surface area contributed by atoms with Crippen LogP contribution in [0.2, 0.25) is 0 Å². The Bertz CT molecular complexity index is 43.3. The lowest BCUT2D eigenvalue weighted by atomic mass is 10.8. The smallest absolute Gasteiger partial charge is 0.185 e. The molecule has 0 atom stereocenters. The molecule has 0 unspecified atom stereocenters. The molecule has 4 heteroatoms. The molecule has 0 saturated carbocycles. The highest BCUT2D eigenvalue weighted by molar-refractivity contribution is 7.56. The molecule has 0 aromatic carbocycles. The van der Waals surface area contributed by atoms with E-state index in [4.69, 9.17) is 10.2 Å². The Balaban J connectivity index is 0. The van der Waals surface area contributed by atoms with Gasteiger partial charge < -0.3 is 18.6 Å². The van der Waals surface area contributed by atoms with E-state index in [1.807, 2.05) is 13.3 Å². The van der Waals surface area contributed by atoms with Crippen LogP contribution in [0.3, 0.4) is 0 Å². The van der Waals surface area contributed by atoms with Crippen LogP contribution in [0, 0.1) is 0 Å². The Morgan fingerprint density at radius 2 is 1.75 bits per heavy atom. The molecule has 0 bridgehead atoms. The molecule has 0 aromatic rings. The molecule has 2 N–H and O–H groups in total. The fraction of sp³-hybridized carbons (Fsp3) is 1.00. The van der Waals surface area contributed by atoms with E-state index >= 15 is 0 Å². The third kappa shape index (κ3) is 9.65. The van der Waals surface area contributed by atoms with E-state index in [0.29, 0.717) is 6.16 Å². The zero-order valence-electron chi connectivity index (χ0n) is 5.26. The average Bonchev–Trinajstić information content (AvgIpc) is 1.27. The van der Waals surface area contributed by atoms with Gasteiger partial charge >= 0.3 is 0 Å². The van der Waals surface area contributed by atoms with Crippen molar-refractivity contribution in [3.8, 4) is 0 Å². The maximum absolute atomic E-state index is 8.30. The molecule has 0 spiro atoms. The summed E-state index contributed by atoms with van der Waals surface area (Å²) < 4.78 is 0. The van der Waals surface area contributed by atoms with Crippen LogP contribution < -0.4 is 0 Å². The van der Waals surface area contributed by atoms with Crippen LogP contribution in [-0.2, 0) is 0 Å². The van der Waals surface area contributed by atoms with Gasteiger partial charge in [-0.1, -0.05) is 0 Å². The molecule has 0 aliphatic rings. The van der Waals surface area contributed by atoms with Gasteiger partial charge in [0.25, 0.3) is 0 Å². The van der Waals surface area contributed by atoms with Crippen molar-refractivity contribution in [3.63, 3.8) is 0 Å². The van der Waals surface area contributed by atoms with Crippen LogP contribution in [0.1, 0.15) is 0 Å². The molecule has 0 aliphatic heterocycles. The van der Waals surface area contributed by atoms with E-state index in [9.17, 15) is 0 Å². The fourth-order valence-corrected chi connectivity index (χ4v) is 1.10. The second kappa shape index (κ2) is 5.55. The van der Waals surface area contributed by atoms with Gasteiger partial charge in [-0.25, -0.2) is 0 Å². The number of aliphatic hydroxyl groups is 2. The third-order valence-electron chi connectivity index (χ3n) is 0.591. The molecule has 48 valence electrons. The van der Waals surface area contributed by atoms with Gasteiger partial charge in [-0.3, -0.25) is 0 Å². The van der Waals surface area contributed by atoms with Crippen LogP contribution in [0.15, 0.2) is 0 Å². The summed E-state index contributed by atoms with van der Waals surface area (Å²) in [6, 6.07) is 0. The fourth-order valence-electron chi connectivity index (χ4n) is 0.365. The highest BCUT2D eigenvalue weighted by Gasteiger charge is 2.05. The quantitative estimate of drug-likeness (QED) is 0.300. The number of rotatable bonds is 2. The predicted molar refractivity (Wildman–Crippen MR) is 39.0 cm³/mol. The Hall–Kier alpha value is 0.415. The SMILES string of the molecule is C[PH+](C)CC(O)O.[B-]. The van der Waals surface area contributed by atoms with E-state index in [2.05, 4.69) is 0 Å². The van der Waals surface area contributed by atoms with Crippen LogP contribution in [-0.4, -0.2) is 44.4 Å². The molecule has 0 amide bonds. The zero-order valence-corrected chi connectivity index (χ0v) is 6.26. The molecule has 8 heavy (non-hydrogen) atoms. The minimum Gasteiger partial charge on any atom is -1.00 e. The van der Waals surface area contributed by atoms with E-state index < -0.39 is 14.2 Å². The Kier molecular flexibility index (Phi) is 7.80. The van der Waals surface area contributed by atoms with Crippen molar-refractivity contribution in [1.82, 2.24) is 0 Å². The second-order valence-electron chi connectivity index (χ2n) is 1.89. The molecule has 0 saturated heterocycles. The Labute approximate surface area is 53.2 Å². The number of hydrogen-bond donors (Lipinski definition) is 2. The van der Waals surface area contributed by atoms with E-state index in [1.54, 1.807) is 0 Å². The summed E-state index contributed by atoms with van der Waals surface area (Å²) in [5.41, 5.74) is 0. The second-order valence-corrected chi connectivity index (χ2v) is 4.71. The summed E-state index contributed by atoms with van der Waals surface area (Å²) >= 11 is 0. The van der Waals surface area contributed by atoms with Gasteiger partial charge in [0.2, 0.25) is 0 Å². The third-order valence-corrected chi connectivity index (χ3v) is 1.77. The van der Waals surface area contributed by atoms with E-state index in [0.717, 1.165) is 0 Å². The highest BCUT2D eigenvalue weighted by atomic mass is 31.1. The van der Waals surface area contributed by atoms with Crippen molar-refractivity contribution >= 4 is 16.3 Å². The van der Waals surface area contributed by atoms with Crippen molar-refractivity contribution in [2.24, 2.45) is 0 Å². The van der Waals surface area contributed by atoms with Crippen LogP contribution in [0.4, 0.5) is 0 Å². The first-order valence-corrected chi connectivity index (χ1v) is 4.99. The lowest BCUT2D eigenvalue weighted by Gasteiger charge is -1.98. The normalized spacial score (nSPS) is 9.75. The number of hydrogen-bond acceptors (Lipinski definition) is 2. The molecular formula is C4H12BO2P. The zero-order chi connectivity index (χ0) is 5.86. The molecule has 0 aliphatic carbocycles. The molecule has 4 radical (unpaired) electrons. The average molecular weight is 134 g/mol. The van der Waals surface area contributed by atoms with Gasteiger partial charge in [0.05, 0.1) is 0 Å². The van der Waals surface area contributed by atoms with Crippen molar-refractivity contribution in [1.29, 1.82) is 0 Å². The first-order chi connectivity index (χ1) is 3.13. The van der Waals surface area contributed by atoms with Crippen molar-refractivity contribution in [2.45, 2.75) is 6.29 Å². The van der Waals surface area contributed by atoms with Crippen LogP contribution in [0.5, 0.6) is 0 Å². The van der Waals surface area contributed by atoms with Gasteiger partial charge in [-0.2, -0.15) is 0 Å². The molecule has 0 rings (SSSR count). The molecular weight excluding hydrogens is 122 g/mol. The van der Waals surface area contributed by atoms with Gasteiger partial charge in [0.15, 0.2) is 6.29 Å². The minimum absolute atomic E-state index is 0. The largest absolute Gasteiger partial charge is 1.00 e. The predicted octanol–water partition coefficient (Wildman–Crippen LogP) is -0.610.